The number of carbonyl (C=O) groups is 1. The molecule has 0 N–H and O–H groups in total. The summed E-state index contributed by atoms with van der Waals surface area (Å²) >= 11 is 9.25. The molecule has 14 heavy (non-hydrogen) atoms. The maximum atomic E-state index is 10.7. The van der Waals surface area contributed by atoms with Gasteiger partial charge in [0.25, 0.3) is 0 Å². The number of fused-ring (bicyclic) bond motifs is 1. The minimum absolute atomic E-state index is 0.394. The van der Waals surface area contributed by atoms with Gasteiger partial charge in [0.05, 0.1) is 16.1 Å². The lowest BCUT2D eigenvalue weighted by molar-refractivity contribution is 0.112. The van der Waals surface area contributed by atoms with Crippen LogP contribution in [0.1, 0.15) is 10.4 Å². The molecule has 0 radical (unpaired) electrons. The molecule has 0 fully saturated rings. The third kappa shape index (κ3) is 1.42. The van der Waals surface area contributed by atoms with Gasteiger partial charge in [-0.25, -0.2) is 4.98 Å². The minimum atomic E-state index is 0.394. The van der Waals surface area contributed by atoms with Crippen molar-refractivity contribution in [2.24, 2.45) is 0 Å². The van der Waals surface area contributed by atoms with Crippen molar-refractivity contribution < 1.29 is 4.79 Å². The first-order valence-electron chi connectivity index (χ1n) is 3.93. The number of benzene rings is 1. The Hall–Kier alpha value is -0.930. The third-order valence-corrected chi connectivity index (χ3v) is 2.95. The normalized spacial score (nSPS) is 10.4. The summed E-state index contributed by atoms with van der Waals surface area (Å²) in [5.41, 5.74) is 1.17. The highest BCUT2D eigenvalue weighted by atomic mass is 79.9. The first kappa shape index (κ1) is 9.62. The van der Waals surface area contributed by atoms with Crippen LogP contribution in [0.5, 0.6) is 0 Å². The molecule has 2 rings (SSSR count). The van der Waals surface area contributed by atoms with Crippen molar-refractivity contribution in [1.29, 1.82) is 0 Å². The average molecular weight is 271 g/mol. The molecular formula is C10H5BrClNO. The number of carbonyl (C=O) groups excluding carboxylic acids is 1. The van der Waals surface area contributed by atoms with Crippen molar-refractivity contribution in [2.45, 2.75) is 0 Å². The number of nitrogens with zero attached hydrogens (tertiary/aromatic N) is 1. The van der Waals surface area contributed by atoms with Crippen LogP contribution in [0.15, 0.2) is 28.9 Å². The lowest BCUT2D eigenvalue weighted by Gasteiger charge is -2.03. The van der Waals surface area contributed by atoms with E-state index in [9.17, 15) is 4.79 Å². The molecule has 0 atom stereocenters. The minimum Gasteiger partial charge on any atom is -0.298 e. The Kier molecular flexibility index (Phi) is 2.52. The molecule has 0 saturated heterocycles. The first-order valence-corrected chi connectivity index (χ1v) is 5.10. The molecule has 70 valence electrons. The molecular weight excluding hydrogens is 265 g/mol. The van der Waals surface area contributed by atoms with E-state index in [-0.39, 0.29) is 0 Å². The second-order valence-electron chi connectivity index (χ2n) is 2.77. The summed E-state index contributed by atoms with van der Waals surface area (Å²) in [6, 6.07) is 7.42. The van der Waals surface area contributed by atoms with Crippen molar-refractivity contribution in [3.8, 4) is 0 Å². The molecule has 0 spiro atoms. The van der Waals surface area contributed by atoms with Crippen LogP contribution in [0.25, 0.3) is 10.9 Å². The molecule has 1 aromatic heterocycles. The van der Waals surface area contributed by atoms with Crippen LogP contribution < -0.4 is 0 Å². The van der Waals surface area contributed by atoms with Crippen LogP contribution in [0.4, 0.5) is 0 Å². The number of pyridine rings is 1. The molecule has 0 saturated carbocycles. The van der Waals surface area contributed by atoms with E-state index in [2.05, 4.69) is 20.9 Å². The molecule has 0 unspecified atom stereocenters. The lowest BCUT2D eigenvalue weighted by Crippen LogP contribution is -1.90. The zero-order chi connectivity index (χ0) is 10.1. The van der Waals surface area contributed by atoms with Crippen LogP contribution in [0.2, 0.25) is 5.02 Å². The summed E-state index contributed by atoms with van der Waals surface area (Å²) in [4.78, 5) is 14.9. The van der Waals surface area contributed by atoms with Crippen molar-refractivity contribution in [3.05, 3.63) is 39.5 Å². The molecule has 0 bridgehead atoms. The van der Waals surface area contributed by atoms with Crippen LogP contribution in [0, 0.1) is 0 Å². The maximum absolute atomic E-state index is 10.7. The predicted molar refractivity (Wildman–Crippen MR) is 59.8 cm³/mol. The van der Waals surface area contributed by atoms with E-state index in [4.69, 9.17) is 11.6 Å². The summed E-state index contributed by atoms with van der Waals surface area (Å²) in [5.74, 6) is 0. The second kappa shape index (κ2) is 3.67. The van der Waals surface area contributed by atoms with E-state index in [1.807, 2.05) is 24.3 Å². The Balaban J connectivity index is 2.92. The zero-order valence-electron chi connectivity index (χ0n) is 7.00. The van der Waals surface area contributed by atoms with Gasteiger partial charge >= 0.3 is 0 Å². The highest BCUT2D eigenvalue weighted by molar-refractivity contribution is 9.10. The standard InChI is InChI=1S/C10H5BrClNO/c11-10-7(5-14)9(12)6-3-1-2-4-8(6)13-10/h1-5H. The van der Waals surface area contributed by atoms with Gasteiger partial charge in [-0.2, -0.15) is 0 Å². The highest BCUT2D eigenvalue weighted by Crippen LogP contribution is 2.29. The van der Waals surface area contributed by atoms with Gasteiger partial charge in [-0.15, -0.1) is 0 Å². The summed E-state index contributed by atoms with van der Waals surface area (Å²) in [5, 5.41) is 1.23. The van der Waals surface area contributed by atoms with Gasteiger partial charge in [-0.1, -0.05) is 29.8 Å². The van der Waals surface area contributed by atoms with E-state index < -0.39 is 0 Å². The summed E-state index contributed by atoms with van der Waals surface area (Å²) < 4.78 is 0.483. The van der Waals surface area contributed by atoms with Crippen LogP contribution in [-0.2, 0) is 0 Å². The zero-order valence-corrected chi connectivity index (χ0v) is 9.34. The number of hydrogen-bond donors (Lipinski definition) is 0. The quantitative estimate of drug-likeness (QED) is 0.587. The molecule has 2 aromatic rings. The molecule has 4 heteroatoms. The van der Waals surface area contributed by atoms with Crippen LogP contribution in [-0.4, -0.2) is 11.3 Å². The van der Waals surface area contributed by atoms with E-state index in [1.54, 1.807) is 0 Å². The summed E-state index contributed by atoms with van der Waals surface area (Å²) in [7, 11) is 0. The van der Waals surface area contributed by atoms with Crippen molar-refractivity contribution in [3.63, 3.8) is 0 Å². The van der Waals surface area contributed by atoms with Gasteiger partial charge in [-0.3, -0.25) is 4.79 Å². The number of aromatic nitrogens is 1. The largest absolute Gasteiger partial charge is 0.298 e. The number of hydrogen-bond acceptors (Lipinski definition) is 2. The maximum Gasteiger partial charge on any atom is 0.154 e. The van der Waals surface area contributed by atoms with E-state index in [1.165, 1.54) is 0 Å². The van der Waals surface area contributed by atoms with E-state index in [0.29, 0.717) is 21.5 Å². The Morgan fingerprint density at radius 2 is 2.07 bits per heavy atom. The van der Waals surface area contributed by atoms with Gasteiger partial charge in [0, 0.05) is 5.39 Å². The van der Waals surface area contributed by atoms with Gasteiger partial charge in [-0.05, 0) is 22.0 Å². The molecule has 0 aliphatic rings. The van der Waals surface area contributed by atoms with Crippen LogP contribution >= 0.6 is 27.5 Å². The average Bonchev–Trinajstić information content (AvgIpc) is 2.18. The SMILES string of the molecule is O=Cc1c(Br)nc2ccccc2c1Cl. The summed E-state index contributed by atoms with van der Waals surface area (Å²) in [6.07, 6.45) is 0.700. The number of rotatable bonds is 1. The fourth-order valence-electron chi connectivity index (χ4n) is 1.26. The molecule has 1 aromatic carbocycles. The number of para-hydroxylation sites is 1. The Labute approximate surface area is 94.0 Å². The topological polar surface area (TPSA) is 30.0 Å². The third-order valence-electron chi connectivity index (χ3n) is 1.94. The number of aldehydes is 1. The Morgan fingerprint density at radius 3 is 2.79 bits per heavy atom. The Morgan fingerprint density at radius 1 is 1.36 bits per heavy atom. The van der Waals surface area contributed by atoms with Crippen molar-refractivity contribution in [1.82, 2.24) is 4.98 Å². The molecule has 2 nitrogen and oxygen atoms in total. The molecule has 1 heterocycles. The molecule has 0 amide bonds. The van der Waals surface area contributed by atoms with Gasteiger partial charge in [0.15, 0.2) is 6.29 Å². The second-order valence-corrected chi connectivity index (χ2v) is 3.89. The van der Waals surface area contributed by atoms with Crippen LogP contribution in [0.3, 0.4) is 0 Å². The number of halogens is 2. The van der Waals surface area contributed by atoms with Crippen molar-refractivity contribution in [2.75, 3.05) is 0 Å². The lowest BCUT2D eigenvalue weighted by atomic mass is 10.2. The van der Waals surface area contributed by atoms with Gasteiger partial charge in [0.2, 0.25) is 0 Å². The fraction of sp³-hybridized carbons (Fsp3) is 0. The van der Waals surface area contributed by atoms with E-state index >= 15 is 0 Å². The molecule has 0 aliphatic carbocycles. The Bertz CT molecular complexity index is 513. The fourth-order valence-corrected chi connectivity index (χ4v) is 2.15. The smallest absolute Gasteiger partial charge is 0.154 e. The van der Waals surface area contributed by atoms with E-state index in [0.717, 1.165) is 10.9 Å². The first-order chi connectivity index (χ1) is 6.74. The monoisotopic (exact) mass is 269 g/mol. The highest BCUT2D eigenvalue weighted by Gasteiger charge is 2.10. The predicted octanol–water partition coefficient (Wildman–Crippen LogP) is 3.46. The van der Waals surface area contributed by atoms with Crippen molar-refractivity contribution >= 4 is 44.7 Å². The van der Waals surface area contributed by atoms with Gasteiger partial charge < -0.3 is 0 Å². The van der Waals surface area contributed by atoms with Gasteiger partial charge in [0.1, 0.15) is 4.60 Å². The molecule has 0 aliphatic heterocycles. The summed E-state index contributed by atoms with van der Waals surface area (Å²) in [6.45, 7) is 0.